The monoisotopic (exact) mass is 180 g/mol. The number of hydrogen-bond acceptors (Lipinski definition) is 2. The molecule has 0 fully saturated rings. The number of hydrogen-bond donors (Lipinski definition) is 2. The van der Waals surface area contributed by atoms with Crippen LogP contribution in [0.4, 0.5) is 17.6 Å². The average Bonchev–Trinajstić information content (AvgIpc) is 1.92. The lowest BCUT2D eigenvalue weighted by Gasteiger charge is -2.09. The summed E-state index contributed by atoms with van der Waals surface area (Å²) < 4.78 is 44.4. The Morgan fingerprint density at radius 2 is 1.70 bits per heavy atom. The maximum Gasteiger partial charge on any atom is 0.329 e. The second-order valence-electron chi connectivity index (χ2n) is 1.22. The molecule has 0 aromatic rings. The molecule has 10 heavy (non-hydrogen) atoms. The van der Waals surface area contributed by atoms with E-state index in [-0.39, 0.29) is 0 Å². The maximum atomic E-state index is 11.3. The van der Waals surface area contributed by atoms with Gasteiger partial charge in [0, 0.05) is 0 Å². The van der Waals surface area contributed by atoms with Crippen molar-refractivity contribution in [3.63, 3.8) is 0 Å². The third-order valence-corrected chi connectivity index (χ3v) is 0.530. The Morgan fingerprint density at radius 1 is 1.40 bits per heavy atom. The third kappa shape index (κ3) is 4.87. The minimum atomic E-state index is -4.24. The zero-order valence-electron chi connectivity index (χ0n) is 5.19. The number of alkyl halides is 4. The van der Waals surface area contributed by atoms with Gasteiger partial charge in [0.15, 0.2) is 0 Å². The van der Waals surface area contributed by atoms with Crippen LogP contribution in [0, 0.1) is 0 Å². The summed E-state index contributed by atoms with van der Waals surface area (Å²) in [7, 11) is 0. The lowest BCUT2D eigenvalue weighted by molar-refractivity contribution is -0.153. The van der Waals surface area contributed by atoms with Crippen LogP contribution in [0.15, 0.2) is 0 Å². The Kier molecular flexibility index (Phi) is 7.34. The molecule has 0 bridgehead atoms. The van der Waals surface area contributed by atoms with Crippen molar-refractivity contribution in [2.45, 2.75) is 12.3 Å². The Morgan fingerprint density at radius 3 is 1.70 bits per heavy atom. The van der Waals surface area contributed by atoms with Crippen molar-refractivity contribution < 1.29 is 22.7 Å². The molecule has 0 spiro atoms. The van der Waals surface area contributed by atoms with Gasteiger partial charge in [-0.25, -0.2) is 8.78 Å². The number of aliphatic hydroxyl groups is 1. The second-order valence-corrected chi connectivity index (χ2v) is 1.22. The van der Waals surface area contributed by atoms with E-state index in [0.717, 1.165) is 0 Å². The topological polar surface area (TPSA) is 20.2 Å². The maximum absolute atomic E-state index is 11.3. The number of rotatable bonds is 2. The standard InChI is InChI=1S/C3H4F4O.CH4S/c4-2(5)3(6,7)1-8;1-2/h2,8H,1H2;2H,1H3. The van der Waals surface area contributed by atoms with Crippen LogP contribution in [0.5, 0.6) is 0 Å². The molecular weight excluding hydrogens is 172 g/mol. The smallest absolute Gasteiger partial charge is 0.329 e. The van der Waals surface area contributed by atoms with Crippen molar-refractivity contribution in [1.29, 1.82) is 0 Å². The second kappa shape index (κ2) is 5.79. The number of halogens is 4. The van der Waals surface area contributed by atoms with Crippen LogP contribution in [0.1, 0.15) is 0 Å². The molecule has 0 aliphatic rings. The summed E-state index contributed by atoms with van der Waals surface area (Å²) >= 11 is 3.53. The Labute approximate surface area is 61.5 Å². The first-order chi connectivity index (χ1) is 4.50. The van der Waals surface area contributed by atoms with E-state index >= 15 is 0 Å². The van der Waals surface area contributed by atoms with Crippen molar-refractivity contribution in [3.05, 3.63) is 0 Å². The quantitative estimate of drug-likeness (QED) is 0.486. The molecule has 1 N–H and O–H groups in total. The molecule has 0 aromatic heterocycles. The van der Waals surface area contributed by atoms with Crippen molar-refractivity contribution in [1.82, 2.24) is 0 Å². The molecule has 0 aliphatic carbocycles. The number of thiol groups is 1. The molecule has 64 valence electrons. The van der Waals surface area contributed by atoms with Gasteiger partial charge in [0.25, 0.3) is 0 Å². The van der Waals surface area contributed by atoms with Crippen LogP contribution in [0.2, 0.25) is 0 Å². The first-order valence-corrected chi connectivity index (χ1v) is 3.11. The van der Waals surface area contributed by atoms with Crippen LogP contribution in [-0.4, -0.2) is 30.3 Å². The van der Waals surface area contributed by atoms with Gasteiger partial charge in [-0.05, 0) is 6.26 Å². The number of aliphatic hydroxyl groups excluding tert-OH is 1. The lowest BCUT2D eigenvalue weighted by Crippen LogP contribution is -2.30. The predicted molar refractivity (Wildman–Crippen MR) is 32.9 cm³/mol. The van der Waals surface area contributed by atoms with Gasteiger partial charge in [-0.3, -0.25) is 0 Å². The molecule has 6 heteroatoms. The molecule has 0 amide bonds. The Balaban J connectivity index is 0. The van der Waals surface area contributed by atoms with E-state index in [1.54, 1.807) is 6.26 Å². The van der Waals surface area contributed by atoms with Gasteiger partial charge >= 0.3 is 12.3 Å². The summed E-state index contributed by atoms with van der Waals surface area (Å²) in [6.07, 6.45) is -2.08. The lowest BCUT2D eigenvalue weighted by atomic mass is 10.4. The van der Waals surface area contributed by atoms with E-state index in [0.29, 0.717) is 0 Å². The molecule has 0 saturated heterocycles. The van der Waals surface area contributed by atoms with Crippen LogP contribution >= 0.6 is 12.6 Å². The fourth-order valence-electron chi connectivity index (χ4n) is 0.0690. The van der Waals surface area contributed by atoms with E-state index in [9.17, 15) is 17.6 Å². The van der Waals surface area contributed by atoms with Gasteiger partial charge in [-0.2, -0.15) is 21.4 Å². The Bertz CT molecular complexity index is 77.7. The molecule has 1 nitrogen and oxygen atoms in total. The minimum absolute atomic E-state index is 1.69. The van der Waals surface area contributed by atoms with Crippen molar-refractivity contribution in [2.75, 3.05) is 12.9 Å². The van der Waals surface area contributed by atoms with Crippen LogP contribution in [0.3, 0.4) is 0 Å². The van der Waals surface area contributed by atoms with Crippen molar-refractivity contribution in [2.24, 2.45) is 0 Å². The van der Waals surface area contributed by atoms with E-state index in [2.05, 4.69) is 12.6 Å². The first-order valence-electron chi connectivity index (χ1n) is 2.22. The Hall–Kier alpha value is 0.0300. The van der Waals surface area contributed by atoms with E-state index in [1.165, 1.54) is 0 Å². The highest BCUT2D eigenvalue weighted by Crippen LogP contribution is 2.20. The van der Waals surface area contributed by atoms with Gasteiger partial charge in [-0.1, -0.05) is 0 Å². The summed E-state index contributed by atoms with van der Waals surface area (Å²) in [5.74, 6) is -4.24. The van der Waals surface area contributed by atoms with Crippen LogP contribution in [-0.2, 0) is 0 Å². The van der Waals surface area contributed by atoms with Crippen LogP contribution in [0.25, 0.3) is 0 Å². The highest BCUT2D eigenvalue weighted by Gasteiger charge is 2.39. The molecule has 0 aromatic carbocycles. The predicted octanol–water partition coefficient (Wildman–Crippen LogP) is 1.43. The molecule has 0 radical (unpaired) electrons. The molecule has 0 aliphatic heterocycles. The SMILES string of the molecule is CS.OCC(F)(F)C(F)F. The molecule has 0 heterocycles. The normalized spacial score (nSPS) is 10.8. The fourth-order valence-corrected chi connectivity index (χ4v) is 0.0690. The highest BCUT2D eigenvalue weighted by atomic mass is 32.1. The average molecular weight is 180 g/mol. The molecular formula is C4H8F4OS. The molecule has 0 unspecified atom stereocenters. The fraction of sp³-hybridized carbons (Fsp3) is 1.00. The van der Waals surface area contributed by atoms with Crippen molar-refractivity contribution >= 4 is 12.6 Å². The van der Waals surface area contributed by atoms with Crippen molar-refractivity contribution in [3.8, 4) is 0 Å². The summed E-state index contributed by atoms with van der Waals surface area (Å²) in [6.45, 7) is -1.80. The van der Waals surface area contributed by atoms with E-state index in [4.69, 9.17) is 5.11 Å². The third-order valence-electron chi connectivity index (χ3n) is 0.530. The van der Waals surface area contributed by atoms with Gasteiger partial charge in [-0.15, -0.1) is 0 Å². The van der Waals surface area contributed by atoms with E-state index < -0.39 is 19.0 Å². The highest BCUT2D eigenvalue weighted by molar-refractivity contribution is 7.79. The first kappa shape index (κ1) is 12.7. The largest absolute Gasteiger partial charge is 0.390 e. The molecule has 0 saturated carbocycles. The molecule has 0 rings (SSSR count). The van der Waals surface area contributed by atoms with Gasteiger partial charge in [0.1, 0.15) is 6.61 Å². The summed E-state index contributed by atoms with van der Waals surface area (Å²) in [5.41, 5.74) is 0. The summed E-state index contributed by atoms with van der Waals surface area (Å²) in [6, 6.07) is 0. The minimum Gasteiger partial charge on any atom is -0.390 e. The zero-order chi connectivity index (χ0) is 8.78. The zero-order valence-corrected chi connectivity index (χ0v) is 6.09. The molecule has 0 atom stereocenters. The van der Waals surface area contributed by atoms with Gasteiger partial charge in [0.2, 0.25) is 0 Å². The summed E-state index contributed by atoms with van der Waals surface area (Å²) in [4.78, 5) is 0. The van der Waals surface area contributed by atoms with E-state index in [1.807, 2.05) is 0 Å². The van der Waals surface area contributed by atoms with Crippen LogP contribution < -0.4 is 0 Å². The van der Waals surface area contributed by atoms with Gasteiger partial charge < -0.3 is 5.11 Å². The summed E-state index contributed by atoms with van der Waals surface area (Å²) in [5, 5.41) is 7.53. The van der Waals surface area contributed by atoms with Gasteiger partial charge in [0.05, 0.1) is 0 Å².